The lowest BCUT2D eigenvalue weighted by Crippen LogP contribution is -1.89. The minimum Gasteiger partial charge on any atom is -0.297 e. The van der Waals surface area contributed by atoms with Crippen LogP contribution in [-0.4, -0.2) is 25.4 Å². The molecule has 0 spiro atoms. The predicted molar refractivity (Wildman–Crippen MR) is 47.3 cm³/mol. The summed E-state index contributed by atoms with van der Waals surface area (Å²) in [6.45, 7) is 1.86. The van der Waals surface area contributed by atoms with Crippen LogP contribution in [0, 0.1) is 0 Å². The molecule has 0 saturated heterocycles. The fourth-order valence-electron chi connectivity index (χ4n) is 0.490. The molecule has 0 amide bonds. The summed E-state index contributed by atoms with van der Waals surface area (Å²) in [6.07, 6.45) is 1.80. The maximum atomic E-state index is 11.5. The summed E-state index contributed by atoms with van der Waals surface area (Å²) >= 11 is 0. The Hall–Kier alpha value is -1.06. The average molecular weight is 174 g/mol. The quantitative estimate of drug-likeness (QED) is 0.584. The van der Waals surface area contributed by atoms with Crippen LogP contribution in [0.15, 0.2) is 22.3 Å². The second kappa shape index (κ2) is 6.64. The van der Waals surface area contributed by atoms with E-state index in [1.165, 1.54) is 6.20 Å². The minimum atomic E-state index is -2.48. The molecule has 0 bridgehead atoms. The maximum Gasteiger partial charge on any atom is 0.273 e. The molecule has 0 aliphatic rings. The molecule has 0 unspecified atom stereocenters. The van der Waals surface area contributed by atoms with Crippen molar-refractivity contribution in [3.8, 4) is 0 Å². The van der Waals surface area contributed by atoms with Crippen LogP contribution in [0.3, 0.4) is 0 Å². The van der Waals surface area contributed by atoms with Gasteiger partial charge in [0, 0.05) is 25.4 Å². The molecule has 0 fully saturated rings. The van der Waals surface area contributed by atoms with Crippen molar-refractivity contribution in [1.82, 2.24) is 0 Å². The van der Waals surface area contributed by atoms with Crippen LogP contribution in [0.25, 0.3) is 0 Å². The van der Waals surface area contributed by atoms with E-state index in [0.717, 1.165) is 5.71 Å². The van der Waals surface area contributed by atoms with Gasteiger partial charge in [0.2, 0.25) is 0 Å². The van der Waals surface area contributed by atoms with E-state index in [1.807, 2.05) is 6.92 Å². The standard InChI is InChI=1S/C8H12F2N2/c1-7(11-2)4-3-5-12-6-8(9)10/h3,5-6,8H,4H2,1-2H3. The Kier molecular flexibility index (Phi) is 6.05. The van der Waals surface area contributed by atoms with Crippen LogP contribution in [0.1, 0.15) is 13.3 Å². The molecule has 0 aliphatic carbocycles. The molecule has 0 aliphatic heterocycles. The van der Waals surface area contributed by atoms with Crippen LogP contribution < -0.4 is 0 Å². The van der Waals surface area contributed by atoms with Gasteiger partial charge in [-0.1, -0.05) is 6.08 Å². The van der Waals surface area contributed by atoms with Crippen LogP contribution in [-0.2, 0) is 0 Å². The monoisotopic (exact) mass is 174 g/mol. The molecule has 12 heavy (non-hydrogen) atoms. The van der Waals surface area contributed by atoms with Gasteiger partial charge in [0.25, 0.3) is 6.43 Å². The number of alkyl halides is 2. The molecule has 0 rings (SSSR count). The van der Waals surface area contributed by atoms with Gasteiger partial charge < -0.3 is 0 Å². The molecule has 0 aromatic heterocycles. The molecular formula is C8H12F2N2. The number of hydrogen-bond acceptors (Lipinski definition) is 2. The Morgan fingerprint density at radius 1 is 1.50 bits per heavy atom. The van der Waals surface area contributed by atoms with Crippen LogP contribution in [0.2, 0.25) is 0 Å². The second-order valence-corrected chi connectivity index (χ2v) is 2.18. The largest absolute Gasteiger partial charge is 0.297 e. The molecule has 0 radical (unpaired) electrons. The number of hydrogen-bond donors (Lipinski definition) is 0. The number of nitrogens with zero attached hydrogens (tertiary/aromatic N) is 2. The smallest absolute Gasteiger partial charge is 0.273 e. The van der Waals surface area contributed by atoms with E-state index in [1.54, 1.807) is 13.1 Å². The first-order valence-electron chi connectivity index (χ1n) is 3.55. The highest BCUT2D eigenvalue weighted by atomic mass is 19.3. The summed E-state index contributed by atoms with van der Waals surface area (Å²) in [6, 6.07) is 0. The predicted octanol–water partition coefficient (Wildman–Crippen LogP) is 2.32. The highest BCUT2D eigenvalue weighted by molar-refractivity contribution is 5.83. The normalized spacial score (nSPS) is 13.9. The van der Waals surface area contributed by atoms with Gasteiger partial charge in [-0.25, -0.2) is 8.78 Å². The minimum absolute atomic E-state index is 0.592. The topological polar surface area (TPSA) is 24.7 Å². The zero-order chi connectivity index (χ0) is 9.40. The molecule has 0 aromatic carbocycles. The van der Waals surface area contributed by atoms with Crippen molar-refractivity contribution in [3.63, 3.8) is 0 Å². The van der Waals surface area contributed by atoms with E-state index >= 15 is 0 Å². The van der Waals surface area contributed by atoms with Crippen molar-refractivity contribution in [1.29, 1.82) is 0 Å². The molecule has 0 N–H and O–H groups in total. The lowest BCUT2D eigenvalue weighted by atomic mass is 10.3. The van der Waals surface area contributed by atoms with Gasteiger partial charge in [-0.2, -0.15) is 0 Å². The summed E-state index contributed by atoms with van der Waals surface area (Å²) in [5.41, 5.74) is 0.943. The van der Waals surface area contributed by atoms with E-state index in [0.29, 0.717) is 12.6 Å². The molecular weight excluding hydrogens is 162 g/mol. The highest BCUT2D eigenvalue weighted by Crippen LogP contribution is 1.90. The van der Waals surface area contributed by atoms with Gasteiger partial charge in [0.15, 0.2) is 0 Å². The van der Waals surface area contributed by atoms with Crippen molar-refractivity contribution < 1.29 is 8.78 Å². The van der Waals surface area contributed by atoms with Gasteiger partial charge in [0.1, 0.15) is 0 Å². The third-order valence-corrected chi connectivity index (χ3v) is 1.19. The van der Waals surface area contributed by atoms with E-state index in [9.17, 15) is 8.78 Å². The lowest BCUT2D eigenvalue weighted by molar-refractivity contribution is 0.231. The molecule has 0 atom stereocenters. The molecule has 4 heteroatoms. The second-order valence-electron chi connectivity index (χ2n) is 2.18. The van der Waals surface area contributed by atoms with Crippen molar-refractivity contribution in [2.24, 2.45) is 9.98 Å². The van der Waals surface area contributed by atoms with Gasteiger partial charge in [-0.05, 0) is 6.92 Å². The van der Waals surface area contributed by atoms with Gasteiger partial charge >= 0.3 is 0 Å². The summed E-state index contributed by atoms with van der Waals surface area (Å²) < 4.78 is 23.0. The first-order chi connectivity index (χ1) is 5.66. The van der Waals surface area contributed by atoms with Crippen LogP contribution in [0.5, 0.6) is 0 Å². The molecule has 0 heterocycles. The van der Waals surface area contributed by atoms with Gasteiger partial charge in [-0.3, -0.25) is 9.98 Å². The Balaban J connectivity index is 3.64. The lowest BCUT2D eigenvalue weighted by Gasteiger charge is -1.88. The fourth-order valence-corrected chi connectivity index (χ4v) is 0.490. The fraction of sp³-hybridized carbons (Fsp3) is 0.500. The maximum absolute atomic E-state index is 11.5. The van der Waals surface area contributed by atoms with Crippen molar-refractivity contribution in [2.45, 2.75) is 19.8 Å². The van der Waals surface area contributed by atoms with Crippen molar-refractivity contribution in [3.05, 3.63) is 12.3 Å². The summed E-state index contributed by atoms with van der Waals surface area (Å²) in [4.78, 5) is 7.25. The third-order valence-electron chi connectivity index (χ3n) is 1.19. The van der Waals surface area contributed by atoms with Crippen LogP contribution in [0.4, 0.5) is 8.78 Å². The zero-order valence-electron chi connectivity index (χ0n) is 7.17. The van der Waals surface area contributed by atoms with Crippen LogP contribution >= 0.6 is 0 Å². The van der Waals surface area contributed by atoms with Gasteiger partial charge in [-0.15, -0.1) is 0 Å². The Labute approximate surface area is 70.7 Å². The summed E-state index contributed by atoms with van der Waals surface area (Å²) in [7, 11) is 1.69. The molecule has 68 valence electrons. The number of rotatable bonds is 4. The number of allylic oxidation sites excluding steroid dienone is 1. The van der Waals surface area contributed by atoms with E-state index in [-0.39, 0.29) is 0 Å². The molecule has 0 aromatic rings. The van der Waals surface area contributed by atoms with E-state index in [2.05, 4.69) is 9.98 Å². The SMILES string of the molecule is CN=C(C)CC=CN=CC(F)F. The third kappa shape index (κ3) is 7.05. The van der Waals surface area contributed by atoms with E-state index < -0.39 is 6.43 Å². The highest BCUT2D eigenvalue weighted by Gasteiger charge is 1.91. The number of halogens is 2. The Morgan fingerprint density at radius 2 is 2.17 bits per heavy atom. The average Bonchev–Trinajstić information content (AvgIpc) is 2.03. The zero-order valence-corrected chi connectivity index (χ0v) is 7.17. The summed E-state index contributed by atoms with van der Waals surface area (Å²) in [5, 5.41) is 0. The first-order valence-corrected chi connectivity index (χ1v) is 3.55. The first kappa shape index (κ1) is 10.9. The van der Waals surface area contributed by atoms with E-state index in [4.69, 9.17) is 0 Å². The van der Waals surface area contributed by atoms with Crippen molar-refractivity contribution >= 4 is 11.9 Å². The van der Waals surface area contributed by atoms with Crippen molar-refractivity contribution in [2.75, 3.05) is 7.05 Å². The molecule has 2 nitrogen and oxygen atoms in total. The van der Waals surface area contributed by atoms with Gasteiger partial charge in [0.05, 0.1) is 6.21 Å². The summed E-state index contributed by atoms with van der Waals surface area (Å²) in [5.74, 6) is 0. The Morgan fingerprint density at radius 3 is 2.67 bits per heavy atom. The Bertz CT molecular complexity index is 195. The number of aliphatic imine (C=N–C) groups is 2. The molecule has 0 saturated carbocycles.